The van der Waals surface area contributed by atoms with E-state index in [0.717, 1.165) is 30.8 Å². The summed E-state index contributed by atoms with van der Waals surface area (Å²) in [6.45, 7) is 11.0. The lowest BCUT2D eigenvalue weighted by Crippen LogP contribution is -2.52. The fourth-order valence-electron chi connectivity index (χ4n) is 9.72. The highest BCUT2D eigenvalue weighted by Gasteiger charge is 2.68. The van der Waals surface area contributed by atoms with Crippen molar-refractivity contribution in [3.63, 3.8) is 0 Å². The molecule has 3 saturated carbocycles. The lowest BCUT2D eigenvalue weighted by molar-refractivity contribution is -0.272. The monoisotopic (exact) mass is 398 g/mol. The van der Waals surface area contributed by atoms with Crippen LogP contribution in [0, 0.1) is 46.3 Å². The molecule has 1 spiro atoms. The molecule has 29 heavy (non-hydrogen) atoms. The van der Waals surface area contributed by atoms with Gasteiger partial charge in [-0.3, -0.25) is 0 Å². The maximum absolute atomic E-state index is 6.91. The van der Waals surface area contributed by atoms with E-state index in [1.807, 2.05) is 5.57 Å². The molecule has 4 aliphatic carbocycles. The summed E-state index contributed by atoms with van der Waals surface area (Å²) in [7, 11) is 0. The van der Waals surface area contributed by atoms with Gasteiger partial charge in [-0.2, -0.15) is 0 Å². The highest BCUT2D eigenvalue weighted by molar-refractivity contribution is 5.25. The smallest absolute Gasteiger partial charge is 0.171 e. The SMILES string of the molecule is C[C@@H]1CC[C@@]2(OC1)O[C@H]1C[C@H]3[C@@H]4CC=C5CCCC[C@]5(C)[C@H]4CC[C@]3(C)[C@H]1[C@@H]2C. The Morgan fingerprint density at radius 1 is 1.00 bits per heavy atom. The predicted molar refractivity (Wildman–Crippen MR) is 116 cm³/mol. The Labute approximate surface area is 178 Å². The third-order valence-corrected chi connectivity index (χ3v) is 11.3. The number of ether oxygens (including phenoxy) is 2. The van der Waals surface area contributed by atoms with Gasteiger partial charge < -0.3 is 9.47 Å². The van der Waals surface area contributed by atoms with E-state index in [9.17, 15) is 0 Å². The molecule has 162 valence electrons. The lowest BCUT2D eigenvalue weighted by atomic mass is 9.47. The van der Waals surface area contributed by atoms with Gasteiger partial charge in [-0.25, -0.2) is 0 Å². The van der Waals surface area contributed by atoms with Gasteiger partial charge >= 0.3 is 0 Å². The van der Waals surface area contributed by atoms with Crippen LogP contribution in [0.3, 0.4) is 0 Å². The molecule has 2 nitrogen and oxygen atoms in total. The molecule has 6 aliphatic rings. The fourth-order valence-corrected chi connectivity index (χ4v) is 9.72. The second-order valence-electron chi connectivity index (χ2n) is 12.5. The Bertz CT molecular complexity index is 703. The van der Waals surface area contributed by atoms with Gasteiger partial charge in [-0.05, 0) is 91.8 Å². The molecular formula is C27H42O2. The number of allylic oxidation sites excluding steroid dienone is 2. The first-order chi connectivity index (χ1) is 13.9. The molecule has 0 N–H and O–H groups in total. The second-order valence-corrected chi connectivity index (χ2v) is 12.5. The molecule has 6 rings (SSSR count). The number of hydrogen-bond acceptors (Lipinski definition) is 2. The van der Waals surface area contributed by atoms with Crippen molar-refractivity contribution in [2.75, 3.05) is 6.61 Å². The van der Waals surface area contributed by atoms with Crippen LogP contribution in [0.2, 0.25) is 0 Å². The molecule has 0 unspecified atom stereocenters. The normalized spacial score (nSPS) is 58.9. The zero-order valence-electron chi connectivity index (χ0n) is 19.2. The summed E-state index contributed by atoms with van der Waals surface area (Å²) in [5, 5.41) is 0. The molecule has 0 bridgehead atoms. The quantitative estimate of drug-likeness (QED) is 0.420. The van der Waals surface area contributed by atoms with Gasteiger partial charge in [-0.1, -0.05) is 45.8 Å². The summed E-state index contributed by atoms with van der Waals surface area (Å²) in [5.74, 6) is 4.35. The molecule has 0 aromatic carbocycles. The summed E-state index contributed by atoms with van der Waals surface area (Å²) in [5.41, 5.74) is 2.80. The van der Waals surface area contributed by atoms with E-state index in [0.29, 0.717) is 34.7 Å². The molecule has 0 radical (unpaired) electrons. The van der Waals surface area contributed by atoms with Crippen molar-refractivity contribution < 1.29 is 9.47 Å². The number of rotatable bonds is 0. The van der Waals surface area contributed by atoms with E-state index < -0.39 is 0 Å². The van der Waals surface area contributed by atoms with Gasteiger partial charge in [0.15, 0.2) is 5.79 Å². The van der Waals surface area contributed by atoms with Crippen LogP contribution in [0.25, 0.3) is 0 Å². The third-order valence-electron chi connectivity index (χ3n) is 11.3. The Morgan fingerprint density at radius 2 is 1.86 bits per heavy atom. The lowest BCUT2D eigenvalue weighted by Gasteiger charge is -2.58. The second kappa shape index (κ2) is 6.35. The van der Waals surface area contributed by atoms with Gasteiger partial charge in [0.2, 0.25) is 0 Å². The average Bonchev–Trinajstić information content (AvgIpc) is 3.15. The Morgan fingerprint density at radius 3 is 2.66 bits per heavy atom. The molecule has 10 atom stereocenters. The first-order valence-electron chi connectivity index (χ1n) is 12.9. The Kier molecular flexibility index (Phi) is 4.23. The summed E-state index contributed by atoms with van der Waals surface area (Å²) in [6, 6.07) is 0. The van der Waals surface area contributed by atoms with E-state index in [4.69, 9.17) is 9.47 Å². The molecule has 2 aliphatic heterocycles. The first kappa shape index (κ1) is 19.4. The first-order valence-corrected chi connectivity index (χ1v) is 12.9. The molecule has 0 aromatic heterocycles. The van der Waals surface area contributed by atoms with Gasteiger partial charge in [0.1, 0.15) is 0 Å². The van der Waals surface area contributed by atoms with Crippen LogP contribution < -0.4 is 0 Å². The summed E-state index contributed by atoms with van der Waals surface area (Å²) in [4.78, 5) is 0. The molecule has 0 amide bonds. The van der Waals surface area contributed by atoms with Crippen molar-refractivity contribution in [2.45, 2.75) is 104 Å². The van der Waals surface area contributed by atoms with Gasteiger partial charge in [0.05, 0.1) is 12.7 Å². The Hall–Kier alpha value is -0.340. The van der Waals surface area contributed by atoms with Gasteiger partial charge in [0.25, 0.3) is 0 Å². The standard InChI is InChI=1S/C27H42O2/c1-17-10-14-27(28-16-17)18(2)24-23(29-27)15-22-20-9-8-19-7-5-6-12-25(19,3)21(20)11-13-26(22,24)4/h8,17-18,20-24H,5-7,9-16H2,1-4H3/t17-,18+,20-,21+,22+,23+,24+,25+,26+,27-/m1/s1. The maximum Gasteiger partial charge on any atom is 0.171 e. The average molecular weight is 399 g/mol. The van der Waals surface area contributed by atoms with Crippen molar-refractivity contribution in [1.82, 2.24) is 0 Å². The molecule has 2 heteroatoms. The van der Waals surface area contributed by atoms with Gasteiger partial charge in [0, 0.05) is 12.3 Å². The molecule has 5 fully saturated rings. The number of fused-ring (bicyclic) bond motifs is 7. The molecule has 2 saturated heterocycles. The van der Waals surface area contributed by atoms with Crippen molar-refractivity contribution in [1.29, 1.82) is 0 Å². The van der Waals surface area contributed by atoms with E-state index in [1.54, 1.807) is 0 Å². The Balaban J connectivity index is 1.29. The van der Waals surface area contributed by atoms with E-state index in [1.165, 1.54) is 57.8 Å². The largest absolute Gasteiger partial charge is 0.349 e. The minimum atomic E-state index is -0.262. The van der Waals surface area contributed by atoms with Crippen LogP contribution >= 0.6 is 0 Å². The van der Waals surface area contributed by atoms with E-state index in [-0.39, 0.29) is 5.79 Å². The third kappa shape index (κ3) is 2.48. The van der Waals surface area contributed by atoms with Crippen LogP contribution in [0.15, 0.2) is 11.6 Å². The summed E-state index contributed by atoms with van der Waals surface area (Å²) < 4.78 is 13.4. The minimum absolute atomic E-state index is 0.262. The topological polar surface area (TPSA) is 18.5 Å². The van der Waals surface area contributed by atoms with Crippen LogP contribution in [0.5, 0.6) is 0 Å². The zero-order chi connectivity index (χ0) is 20.0. The maximum atomic E-state index is 6.91. The van der Waals surface area contributed by atoms with Gasteiger partial charge in [-0.15, -0.1) is 0 Å². The number of hydrogen-bond donors (Lipinski definition) is 0. The van der Waals surface area contributed by atoms with E-state index in [2.05, 4.69) is 33.8 Å². The van der Waals surface area contributed by atoms with Crippen LogP contribution in [0.4, 0.5) is 0 Å². The fraction of sp³-hybridized carbons (Fsp3) is 0.926. The highest BCUT2D eigenvalue weighted by atomic mass is 16.7. The van der Waals surface area contributed by atoms with Crippen LogP contribution in [-0.2, 0) is 9.47 Å². The summed E-state index contributed by atoms with van der Waals surface area (Å²) >= 11 is 0. The predicted octanol–water partition coefficient (Wildman–Crippen LogP) is 6.74. The van der Waals surface area contributed by atoms with Crippen LogP contribution in [-0.4, -0.2) is 18.5 Å². The van der Waals surface area contributed by atoms with Crippen molar-refractivity contribution in [3.8, 4) is 0 Å². The minimum Gasteiger partial charge on any atom is -0.349 e. The van der Waals surface area contributed by atoms with Crippen LogP contribution in [0.1, 0.15) is 91.9 Å². The zero-order valence-corrected chi connectivity index (χ0v) is 19.2. The molecule has 2 heterocycles. The van der Waals surface area contributed by atoms with Crippen molar-refractivity contribution >= 4 is 0 Å². The van der Waals surface area contributed by atoms with Crippen molar-refractivity contribution in [2.24, 2.45) is 46.3 Å². The molecule has 0 aromatic rings. The van der Waals surface area contributed by atoms with Crippen molar-refractivity contribution in [3.05, 3.63) is 11.6 Å². The van der Waals surface area contributed by atoms with E-state index >= 15 is 0 Å². The molecular weight excluding hydrogens is 356 g/mol. The highest BCUT2D eigenvalue weighted by Crippen LogP contribution is 2.70. The summed E-state index contributed by atoms with van der Waals surface area (Å²) in [6.07, 6.45) is 16.7.